The highest BCUT2D eigenvalue weighted by molar-refractivity contribution is 5.98. The van der Waals surface area contributed by atoms with Crippen molar-refractivity contribution >= 4 is 23.5 Å². The Morgan fingerprint density at radius 2 is 1.80 bits per heavy atom. The van der Waals surface area contributed by atoms with Crippen LogP contribution in [0.25, 0.3) is 0 Å². The molecule has 0 saturated carbocycles. The number of amides is 4. The number of unbranched alkanes of at least 4 members (excludes halogenated alkanes) is 1. The summed E-state index contributed by atoms with van der Waals surface area (Å²) in [6.07, 6.45) is 1.31. The normalized spacial score (nSPS) is 11.4. The number of hydrogen-bond acceptors (Lipinski definition) is 3. The number of nitrogens with two attached hydrogens (primary N) is 1. The smallest absolute Gasteiger partial charge is 0.312 e. The third-order valence-corrected chi connectivity index (χ3v) is 4.66. The van der Waals surface area contributed by atoms with Gasteiger partial charge in [-0.1, -0.05) is 30.3 Å². The lowest BCUT2D eigenvalue weighted by atomic mass is 10.1. The number of primary amides is 1. The number of halogens is 1. The van der Waals surface area contributed by atoms with Gasteiger partial charge in [-0.25, -0.2) is 9.18 Å². The van der Waals surface area contributed by atoms with E-state index < -0.39 is 17.8 Å². The first-order valence-electron chi connectivity index (χ1n) is 9.77. The van der Waals surface area contributed by atoms with Gasteiger partial charge in [0.2, 0.25) is 5.91 Å². The minimum absolute atomic E-state index is 0.127. The molecule has 4 amide bonds. The van der Waals surface area contributed by atoms with E-state index in [1.165, 1.54) is 13.0 Å². The number of nitrogens with one attached hydrogen (secondary N) is 3. The number of hydrogen-bond donors (Lipinski definition) is 4. The number of rotatable bonds is 9. The molecule has 0 saturated heterocycles. The predicted molar refractivity (Wildman–Crippen MR) is 114 cm³/mol. The van der Waals surface area contributed by atoms with Crippen molar-refractivity contribution in [3.05, 3.63) is 65.0 Å². The topological polar surface area (TPSA) is 113 Å². The summed E-state index contributed by atoms with van der Waals surface area (Å²) in [4.78, 5) is 35.4. The van der Waals surface area contributed by atoms with Crippen LogP contribution in [0.5, 0.6) is 0 Å². The maximum atomic E-state index is 14.4. The second-order valence-electron chi connectivity index (χ2n) is 7.03. The molecule has 1 atom stereocenters. The Morgan fingerprint density at radius 3 is 2.47 bits per heavy atom. The van der Waals surface area contributed by atoms with Crippen LogP contribution >= 0.6 is 0 Å². The quantitative estimate of drug-likeness (QED) is 0.472. The fourth-order valence-electron chi connectivity index (χ4n) is 2.88. The van der Waals surface area contributed by atoms with Gasteiger partial charge in [0.15, 0.2) is 0 Å². The summed E-state index contributed by atoms with van der Waals surface area (Å²) in [6, 6.07) is 11.2. The molecule has 30 heavy (non-hydrogen) atoms. The molecule has 0 fully saturated rings. The number of carbonyl (C=O) groups is 3. The molecule has 0 radical (unpaired) electrons. The van der Waals surface area contributed by atoms with Crippen molar-refractivity contribution < 1.29 is 18.8 Å². The third kappa shape index (κ3) is 6.88. The van der Waals surface area contributed by atoms with Gasteiger partial charge in [-0.2, -0.15) is 0 Å². The summed E-state index contributed by atoms with van der Waals surface area (Å²) in [7, 11) is 0. The molecule has 160 valence electrons. The zero-order chi connectivity index (χ0) is 22.1. The second-order valence-corrected chi connectivity index (χ2v) is 7.03. The van der Waals surface area contributed by atoms with Gasteiger partial charge >= 0.3 is 6.03 Å². The largest absolute Gasteiger partial charge is 0.352 e. The van der Waals surface area contributed by atoms with Crippen LogP contribution in [0, 0.1) is 12.7 Å². The number of carbonyl (C=O) groups excluding carboxylic acids is 3. The Morgan fingerprint density at radius 1 is 1.10 bits per heavy atom. The van der Waals surface area contributed by atoms with E-state index in [1.54, 1.807) is 0 Å². The molecule has 0 heterocycles. The van der Waals surface area contributed by atoms with Crippen LogP contribution < -0.4 is 21.7 Å². The van der Waals surface area contributed by atoms with Gasteiger partial charge in [-0.15, -0.1) is 0 Å². The zero-order valence-electron chi connectivity index (χ0n) is 17.1. The van der Waals surface area contributed by atoms with Gasteiger partial charge in [-0.05, 0) is 44.4 Å². The minimum atomic E-state index is -0.609. The van der Waals surface area contributed by atoms with E-state index in [0.29, 0.717) is 19.4 Å². The predicted octanol–water partition coefficient (Wildman–Crippen LogP) is 3.40. The molecule has 2 rings (SSSR count). The van der Waals surface area contributed by atoms with Crippen LogP contribution in [0.2, 0.25) is 0 Å². The number of anilines is 1. The summed E-state index contributed by atoms with van der Waals surface area (Å²) < 4.78 is 14.4. The van der Waals surface area contributed by atoms with Crippen molar-refractivity contribution in [2.24, 2.45) is 5.73 Å². The second kappa shape index (κ2) is 10.9. The molecule has 0 bridgehead atoms. The van der Waals surface area contributed by atoms with E-state index in [4.69, 9.17) is 5.73 Å². The molecule has 7 nitrogen and oxygen atoms in total. The Kier molecular flexibility index (Phi) is 8.34. The Bertz CT molecular complexity index is 903. The molecule has 0 spiro atoms. The Hall–Kier alpha value is -3.42. The van der Waals surface area contributed by atoms with Crippen molar-refractivity contribution in [2.75, 3.05) is 11.9 Å². The van der Waals surface area contributed by atoms with Gasteiger partial charge in [-0.3, -0.25) is 9.59 Å². The van der Waals surface area contributed by atoms with E-state index in [1.807, 2.05) is 37.3 Å². The average Bonchev–Trinajstić information content (AvgIpc) is 2.71. The standard InChI is InChI=1S/C22H27FN4O3/c1-14-18(23)12-17(21(29)26-15(2)16-8-4-3-5-9-16)13-19(14)27-20(28)10-6-7-11-25-22(24)30/h3-5,8-9,12-13,15H,6-7,10-11H2,1-2H3,(H,26,29)(H,27,28)(H3,24,25,30). The first kappa shape index (κ1) is 22.9. The molecule has 1 unspecified atom stereocenters. The summed E-state index contributed by atoms with van der Waals surface area (Å²) >= 11 is 0. The molecule has 5 N–H and O–H groups in total. The summed E-state index contributed by atoms with van der Waals surface area (Å²) in [6.45, 7) is 3.76. The molecule has 0 aliphatic rings. The lowest BCUT2D eigenvalue weighted by Gasteiger charge is -2.16. The van der Waals surface area contributed by atoms with Gasteiger partial charge in [0.05, 0.1) is 6.04 Å². The average molecular weight is 414 g/mol. The van der Waals surface area contributed by atoms with Gasteiger partial charge in [0, 0.05) is 29.8 Å². The monoisotopic (exact) mass is 414 g/mol. The van der Waals surface area contributed by atoms with Crippen molar-refractivity contribution in [1.82, 2.24) is 10.6 Å². The zero-order valence-corrected chi connectivity index (χ0v) is 17.1. The van der Waals surface area contributed by atoms with Crippen LogP contribution in [0.4, 0.5) is 14.9 Å². The fourth-order valence-corrected chi connectivity index (χ4v) is 2.88. The maximum absolute atomic E-state index is 14.4. The fraction of sp³-hybridized carbons (Fsp3) is 0.318. The van der Waals surface area contributed by atoms with Gasteiger partial charge in [0.1, 0.15) is 5.82 Å². The highest BCUT2D eigenvalue weighted by Gasteiger charge is 2.16. The molecule has 2 aromatic rings. The first-order valence-corrected chi connectivity index (χ1v) is 9.77. The minimum Gasteiger partial charge on any atom is -0.352 e. The van der Waals surface area contributed by atoms with Gasteiger partial charge in [0.25, 0.3) is 5.91 Å². The third-order valence-electron chi connectivity index (χ3n) is 4.66. The van der Waals surface area contributed by atoms with Crippen molar-refractivity contribution in [1.29, 1.82) is 0 Å². The van der Waals surface area contributed by atoms with Crippen LogP contribution in [-0.2, 0) is 4.79 Å². The van der Waals surface area contributed by atoms with Crippen molar-refractivity contribution in [2.45, 2.75) is 39.2 Å². The highest BCUT2D eigenvalue weighted by Crippen LogP contribution is 2.22. The molecular formula is C22H27FN4O3. The van der Waals surface area contributed by atoms with E-state index >= 15 is 0 Å². The van der Waals surface area contributed by atoms with Crippen LogP contribution in [0.3, 0.4) is 0 Å². The Balaban J connectivity index is 1.99. The molecule has 0 aromatic heterocycles. The van der Waals surface area contributed by atoms with Crippen LogP contribution in [0.15, 0.2) is 42.5 Å². The maximum Gasteiger partial charge on any atom is 0.312 e. The van der Waals surface area contributed by atoms with Gasteiger partial charge < -0.3 is 21.7 Å². The first-order chi connectivity index (χ1) is 14.3. The van der Waals surface area contributed by atoms with E-state index in [9.17, 15) is 18.8 Å². The lowest BCUT2D eigenvalue weighted by Crippen LogP contribution is -2.30. The van der Waals surface area contributed by atoms with E-state index in [0.717, 1.165) is 11.6 Å². The van der Waals surface area contributed by atoms with Crippen molar-refractivity contribution in [3.63, 3.8) is 0 Å². The molecule has 2 aromatic carbocycles. The van der Waals surface area contributed by atoms with E-state index in [2.05, 4.69) is 16.0 Å². The Labute approximate surface area is 175 Å². The van der Waals surface area contributed by atoms with Crippen LogP contribution in [-0.4, -0.2) is 24.4 Å². The molecule has 0 aliphatic heterocycles. The van der Waals surface area contributed by atoms with Crippen LogP contribution in [0.1, 0.15) is 53.7 Å². The highest BCUT2D eigenvalue weighted by atomic mass is 19.1. The molecule has 0 aliphatic carbocycles. The number of benzene rings is 2. The summed E-state index contributed by atoms with van der Waals surface area (Å²) in [5.74, 6) is -1.30. The summed E-state index contributed by atoms with van der Waals surface area (Å²) in [5, 5.41) is 7.94. The molecular weight excluding hydrogens is 387 g/mol. The van der Waals surface area contributed by atoms with E-state index in [-0.39, 0.29) is 35.2 Å². The number of urea groups is 1. The molecule has 8 heteroatoms. The SMILES string of the molecule is Cc1c(F)cc(C(=O)NC(C)c2ccccc2)cc1NC(=O)CCCCNC(N)=O. The lowest BCUT2D eigenvalue weighted by molar-refractivity contribution is -0.116. The van der Waals surface area contributed by atoms with Crippen molar-refractivity contribution in [3.8, 4) is 0 Å². The summed E-state index contributed by atoms with van der Waals surface area (Å²) in [5.41, 5.74) is 6.54.